The Labute approximate surface area is 183 Å². The predicted molar refractivity (Wildman–Crippen MR) is 123 cm³/mol. The van der Waals surface area contributed by atoms with Crippen molar-refractivity contribution in [3.8, 4) is 0 Å². The molecule has 3 aromatic rings. The smallest absolute Gasteiger partial charge is 0.251 e. The number of likely N-dealkylation sites (N-methyl/N-ethyl adjacent to an activating group) is 1. The topological polar surface area (TPSA) is 68.4 Å². The van der Waals surface area contributed by atoms with Gasteiger partial charge in [0.15, 0.2) is 0 Å². The van der Waals surface area contributed by atoms with Gasteiger partial charge in [-0.3, -0.25) is 9.59 Å². The van der Waals surface area contributed by atoms with Gasteiger partial charge in [-0.25, -0.2) is 0 Å². The number of rotatable bonds is 6. The van der Waals surface area contributed by atoms with Gasteiger partial charge in [0.2, 0.25) is 5.91 Å². The fourth-order valence-corrected chi connectivity index (χ4v) is 4.17. The number of H-pyrrole nitrogens is 1. The Morgan fingerprint density at radius 1 is 1.03 bits per heavy atom. The van der Waals surface area contributed by atoms with E-state index in [1.807, 2.05) is 54.4 Å². The molecule has 0 bridgehead atoms. The van der Waals surface area contributed by atoms with Crippen LogP contribution in [0.4, 0.5) is 0 Å². The molecular weight excluding hydrogens is 388 g/mol. The minimum atomic E-state index is -0.610. The van der Waals surface area contributed by atoms with Gasteiger partial charge in [0, 0.05) is 55.3 Å². The molecule has 0 saturated carbocycles. The number of carbonyl (C=O) groups is 2. The van der Waals surface area contributed by atoms with Gasteiger partial charge in [0.25, 0.3) is 5.91 Å². The SMILES string of the molecule is CCN1CCN(C(=O)C(Cc2c[nH]c3ccccc23)NC(=O)c2ccc(C)cc2)CC1. The van der Waals surface area contributed by atoms with Crippen molar-refractivity contribution in [2.75, 3.05) is 32.7 Å². The van der Waals surface area contributed by atoms with E-state index in [1.165, 1.54) is 0 Å². The molecule has 0 radical (unpaired) electrons. The van der Waals surface area contributed by atoms with Crippen molar-refractivity contribution in [1.82, 2.24) is 20.1 Å². The molecule has 2 N–H and O–H groups in total. The lowest BCUT2D eigenvalue weighted by molar-refractivity contribution is -0.135. The van der Waals surface area contributed by atoms with E-state index in [0.717, 1.165) is 41.7 Å². The lowest BCUT2D eigenvalue weighted by Crippen LogP contribution is -2.55. The van der Waals surface area contributed by atoms with Crippen molar-refractivity contribution in [3.63, 3.8) is 0 Å². The number of carbonyl (C=O) groups excluding carboxylic acids is 2. The molecule has 1 unspecified atom stereocenters. The van der Waals surface area contributed by atoms with Crippen molar-refractivity contribution in [2.24, 2.45) is 0 Å². The van der Waals surface area contributed by atoms with Gasteiger partial charge in [0.05, 0.1) is 0 Å². The second-order valence-electron chi connectivity index (χ2n) is 8.22. The van der Waals surface area contributed by atoms with Crippen LogP contribution in [-0.2, 0) is 11.2 Å². The van der Waals surface area contributed by atoms with E-state index >= 15 is 0 Å². The second kappa shape index (κ2) is 9.35. The van der Waals surface area contributed by atoms with Crippen LogP contribution in [-0.4, -0.2) is 65.4 Å². The maximum absolute atomic E-state index is 13.5. The van der Waals surface area contributed by atoms with Gasteiger partial charge in [0.1, 0.15) is 6.04 Å². The summed E-state index contributed by atoms with van der Waals surface area (Å²) in [4.78, 5) is 33.9. The fraction of sp³-hybridized carbons (Fsp3) is 0.360. The minimum Gasteiger partial charge on any atom is -0.361 e. The van der Waals surface area contributed by atoms with Crippen molar-refractivity contribution >= 4 is 22.7 Å². The minimum absolute atomic E-state index is 0.0125. The van der Waals surface area contributed by atoms with Crippen LogP contribution in [0.2, 0.25) is 0 Å². The van der Waals surface area contributed by atoms with E-state index in [1.54, 1.807) is 12.1 Å². The normalized spacial score (nSPS) is 15.7. The van der Waals surface area contributed by atoms with Crippen LogP contribution in [0.3, 0.4) is 0 Å². The number of piperazine rings is 1. The van der Waals surface area contributed by atoms with Gasteiger partial charge in [-0.05, 0) is 37.2 Å². The van der Waals surface area contributed by atoms with Crippen LogP contribution in [0.25, 0.3) is 10.9 Å². The molecular formula is C25H30N4O2. The summed E-state index contributed by atoms with van der Waals surface area (Å²) in [6, 6.07) is 14.9. The molecule has 6 nitrogen and oxygen atoms in total. The van der Waals surface area contributed by atoms with Gasteiger partial charge in [-0.15, -0.1) is 0 Å². The highest BCUT2D eigenvalue weighted by Gasteiger charge is 2.29. The quantitative estimate of drug-likeness (QED) is 0.647. The van der Waals surface area contributed by atoms with Crippen molar-refractivity contribution < 1.29 is 9.59 Å². The molecule has 31 heavy (non-hydrogen) atoms. The molecule has 1 atom stereocenters. The van der Waals surface area contributed by atoms with Crippen LogP contribution < -0.4 is 5.32 Å². The Kier molecular flexibility index (Phi) is 6.37. The Bertz CT molecular complexity index is 1050. The first-order valence-electron chi connectivity index (χ1n) is 11.0. The highest BCUT2D eigenvalue weighted by atomic mass is 16.2. The van der Waals surface area contributed by atoms with E-state index in [9.17, 15) is 9.59 Å². The van der Waals surface area contributed by atoms with Crippen LogP contribution >= 0.6 is 0 Å². The molecule has 0 spiro atoms. The average molecular weight is 419 g/mol. The monoisotopic (exact) mass is 418 g/mol. The number of para-hydroxylation sites is 1. The van der Waals surface area contributed by atoms with Gasteiger partial charge < -0.3 is 20.1 Å². The maximum Gasteiger partial charge on any atom is 0.251 e. The molecule has 162 valence electrons. The third-order valence-electron chi connectivity index (χ3n) is 6.15. The van der Waals surface area contributed by atoms with Crippen molar-refractivity contribution in [1.29, 1.82) is 0 Å². The molecule has 1 aliphatic heterocycles. The Balaban J connectivity index is 1.56. The zero-order valence-corrected chi connectivity index (χ0v) is 18.2. The van der Waals surface area contributed by atoms with Crippen LogP contribution in [0.15, 0.2) is 54.7 Å². The molecule has 0 aliphatic carbocycles. The summed E-state index contributed by atoms with van der Waals surface area (Å²) in [5, 5.41) is 4.10. The van der Waals surface area contributed by atoms with E-state index in [0.29, 0.717) is 25.1 Å². The maximum atomic E-state index is 13.5. The predicted octanol–water partition coefficient (Wildman–Crippen LogP) is 2.98. The van der Waals surface area contributed by atoms with E-state index in [-0.39, 0.29) is 11.8 Å². The third kappa shape index (κ3) is 4.80. The number of aryl methyl sites for hydroxylation is 1. The molecule has 1 saturated heterocycles. The Morgan fingerprint density at radius 3 is 2.45 bits per heavy atom. The molecule has 2 aromatic carbocycles. The Hall–Kier alpha value is -3.12. The largest absolute Gasteiger partial charge is 0.361 e. The molecule has 2 heterocycles. The molecule has 2 amide bonds. The van der Waals surface area contributed by atoms with E-state index in [2.05, 4.69) is 22.1 Å². The average Bonchev–Trinajstić information content (AvgIpc) is 3.21. The first-order chi connectivity index (χ1) is 15.0. The summed E-state index contributed by atoms with van der Waals surface area (Å²) in [6.45, 7) is 8.24. The zero-order valence-electron chi connectivity index (χ0n) is 18.2. The summed E-state index contributed by atoms with van der Waals surface area (Å²) >= 11 is 0. The number of hydrogen-bond donors (Lipinski definition) is 2. The Morgan fingerprint density at radius 2 is 1.74 bits per heavy atom. The highest BCUT2D eigenvalue weighted by molar-refractivity contribution is 5.98. The number of nitrogens with zero attached hydrogens (tertiary/aromatic N) is 2. The van der Waals surface area contributed by atoms with Gasteiger partial charge in [-0.1, -0.05) is 42.8 Å². The lowest BCUT2D eigenvalue weighted by atomic mass is 10.0. The van der Waals surface area contributed by atoms with Crippen molar-refractivity contribution in [3.05, 3.63) is 71.4 Å². The number of nitrogens with one attached hydrogen (secondary N) is 2. The highest BCUT2D eigenvalue weighted by Crippen LogP contribution is 2.20. The summed E-state index contributed by atoms with van der Waals surface area (Å²) in [7, 11) is 0. The number of aromatic nitrogens is 1. The summed E-state index contributed by atoms with van der Waals surface area (Å²) in [5.74, 6) is -0.230. The van der Waals surface area contributed by atoms with Gasteiger partial charge in [-0.2, -0.15) is 0 Å². The standard InChI is InChI=1S/C25H30N4O2/c1-3-28-12-14-29(15-13-28)25(31)23(27-24(30)19-10-8-18(2)9-11-19)16-20-17-26-22-7-5-4-6-21(20)22/h4-11,17,23,26H,3,12-16H2,1-2H3,(H,27,30). The number of hydrogen-bond acceptors (Lipinski definition) is 3. The second-order valence-corrected chi connectivity index (χ2v) is 8.22. The van der Waals surface area contributed by atoms with Gasteiger partial charge >= 0.3 is 0 Å². The van der Waals surface area contributed by atoms with Crippen molar-refractivity contribution in [2.45, 2.75) is 26.3 Å². The molecule has 6 heteroatoms. The molecule has 1 aliphatic rings. The first kappa shape index (κ1) is 21.1. The van der Waals surface area contributed by atoms with Crippen LogP contribution in [0.5, 0.6) is 0 Å². The number of fused-ring (bicyclic) bond motifs is 1. The fourth-order valence-electron chi connectivity index (χ4n) is 4.17. The van der Waals surface area contributed by atoms with E-state index < -0.39 is 6.04 Å². The number of benzene rings is 2. The van der Waals surface area contributed by atoms with E-state index in [4.69, 9.17) is 0 Å². The number of aromatic amines is 1. The summed E-state index contributed by atoms with van der Waals surface area (Å²) < 4.78 is 0. The number of amides is 2. The van der Waals surface area contributed by atoms with Crippen LogP contribution in [0, 0.1) is 6.92 Å². The summed E-state index contributed by atoms with van der Waals surface area (Å²) in [5.41, 5.74) is 3.73. The first-order valence-corrected chi connectivity index (χ1v) is 11.0. The van der Waals surface area contributed by atoms with Crippen LogP contribution in [0.1, 0.15) is 28.4 Å². The third-order valence-corrected chi connectivity index (χ3v) is 6.15. The zero-order chi connectivity index (χ0) is 21.8. The molecule has 1 aromatic heterocycles. The molecule has 1 fully saturated rings. The lowest BCUT2D eigenvalue weighted by Gasteiger charge is -2.36. The molecule has 4 rings (SSSR count). The summed E-state index contributed by atoms with van der Waals surface area (Å²) in [6.07, 6.45) is 2.40.